The van der Waals surface area contributed by atoms with E-state index in [4.69, 9.17) is 0 Å². The van der Waals surface area contributed by atoms with E-state index in [1.165, 1.54) is 17.3 Å². The molecule has 1 aliphatic rings. The van der Waals surface area contributed by atoms with E-state index < -0.39 is 0 Å². The van der Waals surface area contributed by atoms with Crippen molar-refractivity contribution < 1.29 is 9.59 Å². The molecule has 2 aromatic carbocycles. The highest BCUT2D eigenvalue weighted by atomic mass is 32.2. The lowest BCUT2D eigenvalue weighted by Crippen LogP contribution is -2.49. The standard InChI is InChI=1S/C24H27N5O2S/c1-18(30)21-8-10-22(11-9-21)27-12-14-28(15-13-27)23(31)17-32-24-26-25-19(2)29(24)16-20-6-4-3-5-7-20/h3-11H,12-17H2,1-2H3. The Kier molecular flexibility index (Phi) is 6.90. The SMILES string of the molecule is CC(=O)c1ccc(N2CCN(C(=O)CSc3nnc(C)n3Cc3ccccc3)CC2)cc1. The lowest BCUT2D eigenvalue weighted by molar-refractivity contribution is -0.128. The number of anilines is 1. The molecule has 0 bridgehead atoms. The Morgan fingerprint density at radius 2 is 1.62 bits per heavy atom. The molecule has 1 amide bonds. The van der Waals surface area contributed by atoms with Gasteiger partial charge in [-0.15, -0.1) is 10.2 Å². The first-order chi connectivity index (χ1) is 15.5. The van der Waals surface area contributed by atoms with Gasteiger partial charge in [-0.1, -0.05) is 42.1 Å². The van der Waals surface area contributed by atoms with Gasteiger partial charge in [0.1, 0.15) is 5.82 Å². The molecule has 2 heterocycles. The molecule has 4 rings (SSSR count). The summed E-state index contributed by atoms with van der Waals surface area (Å²) in [5.41, 5.74) is 2.98. The fourth-order valence-corrected chi connectivity index (χ4v) is 4.64. The molecular weight excluding hydrogens is 422 g/mol. The van der Waals surface area contributed by atoms with E-state index in [2.05, 4.69) is 31.8 Å². The van der Waals surface area contributed by atoms with Crippen LogP contribution in [0.3, 0.4) is 0 Å². The fourth-order valence-electron chi connectivity index (χ4n) is 3.75. The number of amides is 1. The van der Waals surface area contributed by atoms with Gasteiger partial charge in [0.05, 0.1) is 12.3 Å². The van der Waals surface area contributed by atoms with Crippen LogP contribution in [-0.2, 0) is 11.3 Å². The Labute approximate surface area is 192 Å². The maximum atomic E-state index is 12.8. The molecule has 1 aliphatic heterocycles. The summed E-state index contributed by atoms with van der Waals surface area (Å²) in [7, 11) is 0. The van der Waals surface area contributed by atoms with Crippen molar-refractivity contribution in [2.75, 3.05) is 36.8 Å². The molecular formula is C24H27N5O2S. The van der Waals surface area contributed by atoms with Gasteiger partial charge >= 0.3 is 0 Å². The molecule has 1 fully saturated rings. The predicted molar refractivity (Wildman–Crippen MR) is 126 cm³/mol. The first-order valence-electron chi connectivity index (χ1n) is 10.7. The van der Waals surface area contributed by atoms with Gasteiger partial charge in [-0.2, -0.15) is 0 Å². The minimum Gasteiger partial charge on any atom is -0.368 e. The summed E-state index contributed by atoms with van der Waals surface area (Å²) in [5.74, 6) is 1.38. The number of benzene rings is 2. The third-order valence-electron chi connectivity index (χ3n) is 5.68. The number of nitrogens with zero attached hydrogens (tertiary/aromatic N) is 5. The number of carbonyl (C=O) groups excluding carboxylic acids is 2. The molecule has 0 saturated carbocycles. The quantitative estimate of drug-likeness (QED) is 0.407. The number of rotatable bonds is 7. The topological polar surface area (TPSA) is 71.3 Å². The number of hydrogen-bond acceptors (Lipinski definition) is 6. The highest BCUT2D eigenvalue weighted by Gasteiger charge is 2.22. The number of aromatic nitrogens is 3. The van der Waals surface area contributed by atoms with Gasteiger partial charge in [-0.25, -0.2) is 0 Å². The lowest BCUT2D eigenvalue weighted by Gasteiger charge is -2.36. The van der Waals surface area contributed by atoms with Gasteiger partial charge in [-0.3, -0.25) is 9.59 Å². The second-order valence-electron chi connectivity index (χ2n) is 7.86. The summed E-state index contributed by atoms with van der Waals surface area (Å²) >= 11 is 1.44. The van der Waals surface area contributed by atoms with E-state index in [0.29, 0.717) is 25.4 Å². The van der Waals surface area contributed by atoms with Gasteiger partial charge in [0, 0.05) is 37.4 Å². The van der Waals surface area contributed by atoms with E-state index in [9.17, 15) is 9.59 Å². The number of aryl methyl sites for hydroxylation is 1. The Morgan fingerprint density at radius 1 is 0.938 bits per heavy atom. The first kappa shape index (κ1) is 22.1. The number of carbonyl (C=O) groups is 2. The molecule has 0 N–H and O–H groups in total. The average Bonchev–Trinajstić information content (AvgIpc) is 3.17. The molecule has 32 heavy (non-hydrogen) atoms. The fraction of sp³-hybridized carbons (Fsp3) is 0.333. The molecule has 0 radical (unpaired) electrons. The molecule has 166 valence electrons. The van der Waals surface area contributed by atoms with E-state index in [0.717, 1.165) is 35.3 Å². The van der Waals surface area contributed by atoms with E-state index in [-0.39, 0.29) is 11.7 Å². The molecule has 1 aromatic heterocycles. The van der Waals surface area contributed by atoms with Crippen molar-refractivity contribution in [1.29, 1.82) is 0 Å². The second-order valence-corrected chi connectivity index (χ2v) is 8.80. The lowest BCUT2D eigenvalue weighted by atomic mass is 10.1. The number of Topliss-reactive ketones (excluding diaryl/α,β-unsaturated/α-hetero) is 1. The van der Waals surface area contributed by atoms with Crippen LogP contribution in [0.2, 0.25) is 0 Å². The van der Waals surface area contributed by atoms with Crippen molar-refractivity contribution in [1.82, 2.24) is 19.7 Å². The maximum Gasteiger partial charge on any atom is 0.233 e. The number of piperazine rings is 1. The van der Waals surface area contributed by atoms with E-state index in [1.807, 2.05) is 54.3 Å². The molecule has 0 spiro atoms. The van der Waals surface area contributed by atoms with Gasteiger partial charge in [0.15, 0.2) is 10.9 Å². The maximum absolute atomic E-state index is 12.8. The summed E-state index contributed by atoms with van der Waals surface area (Å²) in [6.45, 7) is 7.12. The van der Waals surface area contributed by atoms with Crippen LogP contribution in [0, 0.1) is 6.92 Å². The van der Waals surface area contributed by atoms with Crippen LogP contribution in [0.4, 0.5) is 5.69 Å². The molecule has 0 atom stereocenters. The summed E-state index contributed by atoms with van der Waals surface area (Å²) < 4.78 is 2.05. The summed E-state index contributed by atoms with van der Waals surface area (Å²) in [5, 5.41) is 9.24. The molecule has 0 aliphatic carbocycles. The van der Waals surface area contributed by atoms with Crippen molar-refractivity contribution >= 4 is 29.1 Å². The normalized spacial score (nSPS) is 13.9. The largest absolute Gasteiger partial charge is 0.368 e. The molecule has 3 aromatic rings. The second kappa shape index (κ2) is 9.99. The third-order valence-corrected chi connectivity index (χ3v) is 6.63. The minimum absolute atomic E-state index is 0.0688. The number of hydrogen-bond donors (Lipinski definition) is 0. The van der Waals surface area contributed by atoms with Crippen LogP contribution >= 0.6 is 11.8 Å². The zero-order valence-corrected chi connectivity index (χ0v) is 19.2. The van der Waals surface area contributed by atoms with Crippen LogP contribution in [-0.4, -0.2) is 63.3 Å². The zero-order chi connectivity index (χ0) is 22.5. The Hall–Kier alpha value is -3.13. The van der Waals surface area contributed by atoms with Crippen LogP contribution < -0.4 is 4.90 Å². The Morgan fingerprint density at radius 3 is 2.28 bits per heavy atom. The highest BCUT2D eigenvalue weighted by molar-refractivity contribution is 7.99. The van der Waals surface area contributed by atoms with Crippen molar-refractivity contribution in [3.05, 3.63) is 71.5 Å². The van der Waals surface area contributed by atoms with Gasteiger partial charge in [-0.05, 0) is 43.7 Å². The van der Waals surface area contributed by atoms with Crippen LogP contribution in [0.25, 0.3) is 0 Å². The molecule has 0 unspecified atom stereocenters. The van der Waals surface area contributed by atoms with Crippen LogP contribution in [0.1, 0.15) is 28.7 Å². The smallest absolute Gasteiger partial charge is 0.233 e. The summed E-state index contributed by atoms with van der Waals surface area (Å²) in [4.78, 5) is 28.4. The molecule has 1 saturated heterocycles. The van der Waals surface area contributed by atoms with Crippen molar-refractivity contribution in [3.63, 3.8) is 0 Å². The van der Waals surface area contributed by atoms with Crippen LogP contribution in [0.15, 0.2) is 59.8 Å². The minimum atomic E-state index is 0.0688. The summed E-state index contributed by atoms with van der Waals surface area (Å²) in [6, 6.07) is 17.9. The Balaban J connectivity index is 1.30. The van der Waals surface area contributed by atoms with E-state index >= 15 is 0 Å². The van der Waals surface area contributed by atoms with Gasteiger partial charge in [0.25, 0.3) is 0 Å². The van der Waals surface area contributed by atoms with E-state index in [1.54, 1.807) is 6.92 Å². The highest BCUT2D eigenvalue weighted by Crippen LogP contribution is 2.21. The third kappa shape index (κ3) is 5.19. The zero-order valence-electron chi connectivity index (χ0n) is 18.4. The van der Waals surface area contributed by atoms with Crippen molar-refractivity contribution in [2.45, 2.75) is 25.5 Å². The van der Waals surface area contributed by atoms with Gasteiger partial charge in [0.2, 0.25) is 5.91 Å². The predicted octanol–water partition coefficient (Wildman–Crippen LogP) is 3.28. The van der Waals surface area contributed by atoms with Gasteiger partial charge < -0.3 is 14.4 Å². The number of thioether (sulfide) groups is 1. The van der Waals surface area contributed by atoms with Crippen molar-refractivity contribution in [3.8, 4) is 0 Å². The Bertz CT molecular complexity index is 1070. The first-order valence-corrected chi connectivity index (χ1v) is 11.7. The molecule has 7 nitrogen and oxygen atoms in total. The molecule has 8 heteroatoms. The monoisotopic (exact) mass is 449 g/mol. The summed E-state index contributed by atoms with van der Waals surface area (Å²) in [6.07, 6.45) is 0. The number of ketones is 1. The van der Waals surface area contributed by atoms with Crippen LogP contribution in [0.5, 0.6) is 0 Å². The average molecular weight is 450 g/mol. The van der Waals surface area contributed by atoms with Crippen molar-refractivity contribution in [2.24, 2.45) is 0 Å².